The van der Waals surface area contributed by atoms with Gasteiger partial charge in [0.1, 0.15) is 17.5 Å². The van der Waals surface area contributed by atoms with Gasteiger partial charge >= 0.3 is 0 Å². The van der Waals surface area contributed by atoms with Gasteiger partial charge in [-0.3, -0.25) is 4.98 Å². The number of aromatic nitrogens is 3. The van der Waals surface area contributed by atoms with Crippen LogP contribution in [0.5, 0.6) is 0 Å². The number of nitrogens with two attached hydrogens (primary N) is 1. The first kappa shape index (κ1) is 12.8. The molecule has 0 aromatic carbocycles. The van der Waals surface area contributed by atoms with E-state index in [1.54, 1.807) is 6.20 Å². The molecule has 1 atom stereocenters. The first-order chi connectivity index (χ1) is 9.76. The second-order valence-electron chi connectivity index (χ2n) is 5.07. The van der Waals surface area contributed by atoms with Gasteiger partial charge in [-0.2, -0.15) is 0 Å². The number of hydrogen-bond donors (Lipinski definition) is 3. The molecule has 6 heteroatoms. The molecular formula is C14H18N6. The van der Waals surface area contributed by atoms with Crippen LogP contribution in [0.25, 0.3) is 0 Å². The Morgan fingerprint density at radius 3 is 2.75 bits per heavy atom. The van der Waals surface area contributed by atoms with Crippen LogP contribution < -0.4 is 16.6 Å². The molecule has 0 spiro atoms. The van der Waals surface area contributed by atoms with Crippen molar-refractivity contribution in [3.8, 4) is 0 Å². The fourth-order valence-corrected chi connectivity index (χ4v) is 2.08. The molecule has 1 unspecified atom stereocenters. The summed E-state index contributed by atoms with van der Waals surface area (Å²) in [5, 5.41) is 3.37. The quantitative estimate of drug-likeness (QED) is 0.570. The lowest BCUT2D eigenvalue weighted by Gasteiger charge is -2.15. The van der Waals surface area contributed by atoms with E-state index in [4.69, 9.17) is 5.84 Å². The zero-order chi connectivity index (χ0) is 13.9. The molecule has 0 saturated heterocycles. The van der Waals surface area contributed by atoms with Gasteiger partial charge in [0, 0.05) is 24.4 Å². The molecule has 1 aliphatic rings. The summed E-state index contributed by atoms with van der Waals surface area (Å²) in [4.78, 5) is 13.1. The van der Waals surface area contributed by atoms with E-state index in [0.29, 0.717) is 11.7 Å². The molecule has 6 nitrogen and oxygen atoms in total. The topological polar surface area (TPSA) is 88.8 Å². The summed E-state index contributed by atoms with van der Waals surface area (Å²) < 4.78 is 0. The fraction of sp³-hybridized carbons (Fsp3) is 0.357. The van der Waals surface area contributed by atoms with Crippen molar-refractivity contribution in [2.75, 3.05) is 10.7 Å². The molecule has 1 saturated carbocycles. The smallest absolute Gasteiger partial charge is 0.145 e. The molecule has 2 aromatic rings. The Kier molecular flexibility index (Phi) is 3.47. The highest BCUT2D eigenvalue weighted by atomic mass is 15.3. The molecule has 0 aliphatic heterocycles. The lowest BCUT2D eigenvalue weighted by Crippen LogP contribution is -2.13. The average Bonchev–Trinajstić information content (AvgIpc) is 3.32. The SMILES string of the molecule is CC(Nc1cc(NN)nc(C2CC2)n1)c1cccnc1. The van der Waals surface area contributed by atoms with Crippen molar-refractivity contribution >= 4 is 11.6 Å². The predicted molar refractivity (Wildman–Crippen MR) is 78.1 cm³/mol. The maximum atomic E-state index is 5.47. The third-order valence-corrected chi connectivity index (χ3v) is 3.38. The first-order valence-electron chi connectivity index (χ1n) is 6.78. The van der Waals surface area contributed by atoms with Crippen LogP contribution in [0.1, 0.15) is 43.1 Å². The summed E-state index contributed by atoms with van der Waals surface area (Å²) >= 11 is 0. The van der Waals surface area contributed by atoms with Gasteiger partial charge in [-0.25, -0.2) is 15.8 Å². The second-order valence-corrected chi connectivity index (χ2v) is 5.07. The summed E-state index contributed by atoms with van der Waals surface area (Å²) in [7, 11) is 0. The number of anilines is 2. The van der Waals surface area contributed by atoms with Crippen molar-refractivity contribution in [3.05, 3.63) is 42.0 Å². The molecule has 104 valence electrons. The second kappa shape index (κ2) is 5.42. The number of rotatable bonds is 5. The zero-order valence-corrected chi connectivity index (χ0v) is 11.4. The number of nitrogens with one attached hydrogen (secondary N) is 2. The maximum absolute atomic E-state index is 5.47. The average molecular weight is 270 g/mol. The van der Waals surface area contributed by atoms with Crippen LogP contribution in [-0.4, -0.2) is 15.0 Å². The molecule has 2 aromatic heterocycles. The number of hydrogen-bond acceptors (Lipinski definition) is 6. The van der Waals surface area contributed by atoms with Gasteiger partial charge in [-0.1, -0.05) is 6.07 Å². The third kappa shape index (κ3) is 2.85. The van der Waals surface area contributed by atoms with Gasteiger partial charge < -0.3 is 10.7 Å². The molecular weight excluding hydrogens is 252 g/mol. The predicted octanol–water partition coefficient (Wildman–Crippen LogP) is 2.21. The van der Waals surface area contributed by atoms with E-state index in [-0.39, 0.29) is 6.04 Å². The molecule has 3 rings (SSSR count). The van der Waals surface area contributed by atoms with Crippen molar-refractivity contribution < 1.29 is 0 Å². The lowest BCUT2D eigenvalue weighted by molar-refractivity contribution is 0.848. The molecule has 0 amide bonds. The highest BCUT2D eigenvalue weighted by molar-refractivity contribution is 5.48. The number of pyridine rings is 1. The molecule has 1 aliphatic carbocycles. The van der Waals surface area contributed by atoms with E-state index in [9.17, 15) is 0 Å². The Hall–Kier alpha value is -2.21. The third-order valence-electron chi connectivity index (χ3n) is 3.38. The Balaban J connectivity index is 1.81. The summed E-state index contributed by atoms with van der Waals surface area (Å²) in [6, 6.07) is 5.90. The zero-order valence-electron chi connectivity index (χ0n) is 11.4. The summed E-state index contributed by atoms with van der Waals surface area (Å²) in [6.07, 6.45) is 5.93. The maximum Gasteiger partial charge on any atom is 0.145 e. The van der Waals surface area contributed by atoms with Crippen LogP contribution in [-0.2, 0) is 0 Å². The first-order valence-corrected chi connectivity index (χ1v) is 6.78. The van der Waals surface area contributed by atoms with E-state index in [1.807, 2.05) is 24.4 Å². The van der Waals surface area contributed by atoms with Gasteiger partial charge in [-0.15, -0.1) is 0 Å². The molecule has 2 heterocycles. The molecule has 4 N–H and O–H groups in total. The van der Waals surface area contributed by atoms with Crippen LogP contribution in [0.2, 0.25) is 0 Å². The summed E-state index contributed by atoms with van der Waals surface area (Å²) in [6.45, 7) is 2.07. The van der Waals surface area contributed by atoms with Crippen molar-refractivity contribution in [1.82, 2.24) is 15.0 Å². The minimum atomic E-state index is 0.122. The van der Waals surface area contributed by atoms with Crippen molar-refractivity contribution in [1.29, 1.82) is 0 Å². The molecule has 1 fully saturated rings. The van der Waals surface area contributed by atoms with Gasteiger partial charge in [0.15, 0.2) is 0 Å². The Bertz CT molecular complexity index is 581. The van der Waals surface area contributed by atoms with Gasteiger partial charge in [0.2, 0.25) is 0 Å². The number of nitrogens with zero attached hydrogens (tertiary/aromatic N) is 3. The van der Waals surface area contributed by atoms with Crippen LogP contribution in [0.15, 0.2) is 30.6 Å². The molecule has 0 radical (unpaired) electrons. The summed E-state index contributed by atoms with van der Waals surface area (Å²) in [5.74, 6) is 8.24. The largest absolute Gasteiger partial charge is 0.363 e. The van der Waals surface area contributed by atoms with E-state index in [0.717, 1.165) is 30.0 Å². The van der Waals surface area contributed by atoms with E-state index < -0.39 is 0 Å². The Labute approximate surface area is 117 Å². The van der Waals surface area contributed by atoms with Crippen LogP contribution >= 0.6 is 0 Å². The fourth-order valence-electron chi connectivity index (χ4n) is 2.08. The highest BCUT2D eigenvalue weighted by Crippen LogP contribution is 2.39. The van der Waals surface area contributed by atoms with Crippen LogP contribution in [0, 0.1) is 0 Å². The Morgan fingerprint density at radius 1 is 1.30 bits per heavy atom. The number of nitrogen functional groups attached to an aromatic ring is 1. The lowest BCUT2D eigenvalue weighted by atomic mass is 10.1. The number of hydrazine groups is 1. The minimum absolute atomic E-state index is 0.122. The van der Waals surface area contributed by atoms with Crippen molar-refractivity contribution in [3.63, 3.8) is 0 Å². The van der Waals surface area contributed by atoms with Crippen molar-refractivity contribution in [2.45, 2.75) is 31.7 Å². The van der Waals surface area contributed by atoms with Crippen LogP contribution in [0.3, 0.4) is 0 Å². The highest BCUT2D eigenvalue weighted by Gasteiger charge is 2.27. The van der Waals surface area contributed by atoms with Crippen LogP contribution in [0.4, 0.5) is 11.6 Å². The standard InChI is InChI=1S/C14H18N6/c1-9(11-3-2-6-16-8-11)17-12-7-13(20-15)19-14(18-12)10-4-5-10/h2-3,6-10H,4-5,15H2,1H3,(H2,17,18,19,20). The van der Waals surface area contributed by atoms with E-state index in [2.05, 4.69) is 32.6 Å². The van der Waals surface area contributed by atoms with Gasteiger partial charge in [0.05, 0.1) is 6.04 Å². The monoisotopic (exact) mass is 270 g/mol. The van der Waals surface area contributed by atoms with Gasteiger partial charge in [0.25, 0.3) is 0 Å². The summed E-state index contributed by atoms with van der Waals surface area (Å²) in [5.41, 5.74) is 3.71. The normalized spacial score (nSPS) is 15.7. The van der Waals surface area contributed by atoms with Gasteiger partial charge in [-0.05, 0) is 31.4 Å². The Morgan fingerprint density at radius 2 is 2.10 bits per heavy atom. The van der Waals surface area contributed by atoms with E-state index >= 15 is 0 Å². The molecule has 0 bridgehead atoms. The van der Waals surface area contributed by atoms with E-state index in [1.165, 1.54) is 0 Å². The minimum Gasteiger partial charge on any atom is -0.363 e. The van der Waals surface area contributed by atoms with Crippen molar-refractivity contribution in [2.24, 2.45) is 5.84 Å². The molecule has 20 heavy (non-hydrogen) atoms.